The van der Waals surface area contributed by atoms with Gasteiger partial charge in [0, 0.05) is 19.1 Å². The summed E-state index contributed by atoms with van der Waals surface area (Å²) in [5.74, 6) is -2.03. The maximum absolute atomic E-state index is 11.6. The topological polar surface area (TPSA) is 101 Å². The van der Waals surface area contributed by atoms with Crippen LogP contribution in [0.1, 0.15) is 12.0 Å². The number of hydrogen-bond donors (Lipinski definition) is 2. The number of hydrogen-bond acceptors (Lipinski definition) is 4. The smallest absolute Gasteiger partial charge is 0.326 e. The Balaban J connectivity index is 2.59. The molecule has 0 saturated carbocycles. The number of amides is 1. The summed E-state index contributed by atoms with van der Waals surface area (Å²) in [6.45, 7) is 0. The number of nitrogens with one attached hydrogen (secondary N) is 1. The number of aliphatic carboxylic acids is 1. The van der Waals surface area contributed by atoms with Crippen LogP contribution in [0.4, 0.5) is 0 Å². The van der Waals surface area contributed by atoms with Crippen LogP contribution in [0.3, 0.4) is 0 Å². The van der Waals surface area contributed by atoms with Gasteiger partial charge in [0.1, 0.15) is 15.9 Å². The molecule has 0 aliphatic carbocycles. The first-order valence-electron chi connectivity index (χ1n) is 6.02. The molecule has 1 aromatic carbocycles. The highest BCUT2D eigenvalue weighted by atomic mass is 32.2. The van der Waals surface area contributed by atoms with E-state index in [1.54, 1.807) is 24.3 Å². The fourth-order valence-electron chi connectivity index (χ4n) is 1.59. The molecule has 1 aromatic rings. The average molecular weight is 299 g/mol. The van der Waals surface area contributed by atoms with Crippen LogP contribution in [0.5, 0.6) is 0 Å². The molecule has 0 aromatic heterocycles. The van der Waals surface area contributed by atoms with Crippen LogP contribution in [0.25, 0.3) is 0 Å². The highest BCUT2D eigenvalue weighted by Gasteiger charge is 2.20. The quantitative estimate of drug-likeness (QED) is 0.751. The number of carbonyl (C=O) groups is 2. The lowest BCUT2D eigenvalue weighted by atomic mass is 10.1. The fraction of sp³-hybridized carbons (Fsp3) is 0.385. The lowest BCUT2D eigenvalue weighted by Crippen LogP contribution is -2.42. The van der Waals surface area contributed by atoms with E-state index in [2.05, 4.69) is 5.32 Å². The van der Waals surface area contributed by atoms with E-state index < -0.39 is 27.8 Å². The summed E-state index contributed by atoms with van der Waals surface area (Å²) in [5.41, 5.74) is 0.781. The minimum Gasteiger partial charge on any atom is -0.480 e. The van der Waals surface area contributed by atoms with Gasteiger partial charge in [-0.25, -0.2) is 13.2 Å². The highest BCUT2D eigenvalue weighted by Crippen LogP contribution is 2.04. The van der Waals surface area contributed by atoms with Crippen LogP contribution in [0, 0.1) is 0 Å². The summed E-state index contributed by atoms with van der Waals surface area (Å²) < 4.78 is 21.9. The van der Waals surface area contributed by atoms with Gasteiger partial charge in [0.25, 0.3) is 0 Å². The first kappa shape index (κ1) is 16.2. The zero-order valence-electron chi connectivity index (χ0n) is 11.1. The third-order valence-electron chi connectivity index (χ3n) is 2.62. The van der Waals surface area contributed by atoms with E-state index in [9.17, 15) is 18.0 Å². The van der Waals surface area contributed by atoms with Crippen molar-refractivity contribution in [2.45, 2.75) is 18.9 Å². The predicted molar refractivity (Wildman–Crippen MR) is 74.0 cm³/mol. The molecule has 0 unspecified atom stereocenters. The van der Waals surface area contributed by atoms with Crippen LogP contribution in [-0.2, 0) is 25.8 Å². The second kappa shape index (κ2) is 7.04. The Kier molecular flexibility index (Phi) is 5.69. The summed E-state index contributed by atoms with van der Waals surface area (Å²) in [4.78, 5) is 22.7. The van der Waals surface area contributed by atoms with Crippen molar-refractivity contribution in [3.05, 3.63) is 35.9 Å². The molecule has 0 spiro atoms. The van der Waals surface area contributed by atoms with E-state index in [-0.39, 0.29) is 18.6 Å². The molecule has 0 aliphatic rings. The molecule has 0 radical (unpaired) electrons. The van der Waals surface area contributed by atoms with E-state index in [4.69, 9.17) is 5.11 Å². The zero-order chi connectivity index (χ0) is 15.2. The molecule has 110 valence electrons. The van der Waals surface area contributed by atoms with Gasteiger partial charge in [-0.2, -0.15) is 0 Å². The highest BCUT2D eigenvalue weighted by molar-refractivity contribution is 7.90. The number of carboxylic acids is 1. The lowest BCUT2D eigenvalue weighted by molar-refractivity contribution is -0.141. The minimum absolute atomic E-state index is 0.154. The molecular formula is C13H17NO5S. The Morgan fingerprint density at radius 2 is 1.85 bits per heavy atom. The minimum atomic E-state index is -3.24. The van der Waals surface area contributed by atoms with Crippen molar-refractivity contribution in [3.63, 3.8) is 0 Å². The van der Waals surface area contributed by atoms with Crippen molar-refractivity contribution in [1.82, 2.24) is 5.32 Å². The second-order valence-electron chi connectivity index (χ2n) is 4.53. The number of benzene rings is 1. The molecule has 0 heterocycles. The predicted octanol–water partition coefficient (Wildman–Crippen LogP) is 0.233. The summed E-state index contributed by atoms with van der Waals surface area (Å²) in [7, 11) is -3.24. The Bertz CT molecular complexity index is 568. The molecule has 2 N–H and O–H groups in total. The van der Waals surface area contributed by atoms with Crippen LogP contribution < -0.4 is 5.32 Å². The standard InChI is InChI=1S/C13H17NO5S/c1-20(18,19)8-7-12(15)14-11(13(16)17)9-10-5-3-2-4-6-10/h2-6,11H,7-9H2,1H3,(H,14,15)(H,16,17)/t11-/m1/s1. The van der Waals surface area contributed by atoms with Gasteiger partial charge in [0.05, 0.1) is 5.75 Å². The van der Waals surface area contributed by atoms with Crippen molar-refractivity contribution in [2.24, 2.45) is 0 Å². The number of carbonyl (C=O) groups excluding carboxylic acids is 1. The van der Waals surface area contributed by atoms with Crippen LogP contribution in [0.2, 0.25) is 0 Å². The number of sulfone groups is 1. The van der Waals surface area contributed by atoms with Crippen molar-refractivity contribution in [3.8, 4) is 0 Å². The molecule has 20 heavy (non-hydrogen) atoms. The molecule has 1 atom stereocenters. The van der Waals surface area contributed by atoms with Gasteiger partial charge in [-0.3, -0.25) is 4.79 Å². The first-order chi connectivity index (χ1) is 9.28. The molecular weight excluding hydrogens is 282 g/mol. The molecule has 6 nitrogen and oxygen atoms in total. The SMILES string of the molecule is CS(=O)(=O)CCC(=O)N[C@H](Cc1ccccc1)C(=O)O. The fourth-order valence-corrected chi connectivity index (χ4v) is 2.15. The normalized spacial score (nSPS) is 12.7. The largest absolute Gasteiger partial charge is 0.480 e. The molecule has 0 aliphatic heterocycles. The average Bonchev–Trinajstić information content (AvgIpc) is 2.36. The van der Waals surface area contributed by atoms with E-state index in [0.717, 1.165) is 11.8 Å². The molecule has 0 saturated heterocycles. The van der Waals surface area contributed by atoms with Gasteiger partial charge in [-0.1, -0.05) is 30.3 Å². The Morgan fingerprint density at radius 1 is 1.25 bits per heavy atom. The lowest BCUT2D eigenvalue weighted by Gasteiger charge is -2.14. The Morgan fingerprint density at radius 3 is 2.35 bits per heavy atom. The molecule has 0 fully saturated rings. The van der Waals surface area contributed by atoms with Gasteiger partial charge >= 0.3 is 5.97 Å². The van der Waals surface area contributed by atoms with Crippen molar-refractivity contribution in [1.29, 1.82) is 0 Å². The van der Waals surface area contributed by atoms with Crippen molar-refractivity contribution >= 4 is 21.7 Å². The van der Waals surface area contributed by atoms with Gasteiger partial charge in [-0.15, -0.1) is 0 Å². The van der Waals surface area contributed by atoms with Crippen LogP contribution in [0.15, 0.2) is 30.3 Å². The van der Waals surface area contributed by atoms with Gasteiger partial charge in [0.15, 0.2) is 0 Å². The van der Waals surface area contributed by atoms with E-state index in [1.807, 2.05) is 6.07 Å². The molecule has 1 rings (SSSR count). The molecule has 7 heteroatoms. The maximum atomic E-state index is 11.6. The van der Waals surface area contributed by atoms with Gasteiger partial charge in [0.2, 0.25) is 5.91 Å². The van der Waals surface area contributed by atoms with E-state index in [1.165, 1.54) is 0 Å². The Hall–Kier alpha value is -1.89. The van der Waals surface area contributed by atoms with Crippen LogP contribution in [-0.4, -0.2) is 43.5 Å². The van der Waals surface area contributed by atoms with Gasteiger partial charge < -0.3 is 10.4 Å². The van der Waals surface area contributed by atoms with Crippen LogP contribution >= 0.6 is 0 Å². The number of rotatable bonds is 7. The summed E-state index contributed by atoms with van der Waals surface area (Å²) in [6, 6.07) is 7.82. The first-order valence-corrected chi connectivity index (χ1v) is 8.08. The summed E-state index contributed by atoms with van der Waals surface area (Å²) >= 11 is 0. The monoisotopic (exact) mass is 299 g/mol. The third kappa shape index (κ3) is 6.33. The molecule has 0 bridgehead atoms. The van der Waals surface area contributed by atoms with E-state index >= 15 is 0 Å². The maximum Gasteiger partial charge on any atom is 0.326 e. The summed E-state index contributed by atoms with van der Waals surface area (Å²) in [5, 5.41) is 11.4. The van der Waals surface area contributed by atoms with Gasteiger partial charge in [-0.05, 0) is 5.56 Å². The second-order valence-corrected chi connectivity index (χ2v) is 6.79. The van der Waals surface area contributed by atoms with E-state index in [0.29, 0.717) is 0 Å². The zero-order valence-corrected chi connectivity index (χ0v) is 11.9. The Labute approximate surface area is 117 Å². The van der Waals surface area contributed by atoms with Crippen molar-refractivity contribution in [2.75, 3.05) is 12.0 Å². The number of carboxylic acid groups (broad SMARTS) is 1. The summed E-state index contributed by atoms with van der Waals surface area (Å²) in [6.07, 6.45) is 0.942. The molecule has 1 amide bonds. The van der Waals surface area contributed by atoms with Crippen molar-refractivity contribution < 1.29 is 23.1 Å². The third-order valence-corrected chi connectivity index (χ3v) is 3.56.